The summed E-state index contributed by atoms with van der Waals surface area (Å²) in [6, 6.07) is 4.63. The lowest BCUT2D eigenvalue weighted by molar-refractivity contribution is 0.0687. The summed E-state index contributed by atoms with van der Waals surface area (Å²) in [5, 5.41) is 0. The van der Waals surface area contributed by atoms with E-state index in [-0.39, 0.29) is 11.5 Å². The molecule has 0 unspecified atom stereocenters. The number of carbonyl (C=O) groups is 1. The van der Waals surface area contributed by atoms with Crippen LogP contribution in [0.5, 0.6) is 0 Å². The Morgan fingerprint density at radius 1 is 1.41 bits per heavy atom. The average molecular weight is 235 g/mol. The second-order valence-electron chi connectivity index (χ2n) is 4.40. The molecule has 92 valence electrons. The van der Waals surface area contributed by atoms with E-state index in [1.54, 1.807) is 17.0 Å². The molecule has 1 aliphatic heterocycles. The number of carbonyl (C=O) groups excluding carboxylic acids is 1. The number of aromatic nitrogens is 1. The number of hydrogen-bond acceptors (Lipinski definition) is 3. The van der Waals surface area contributed by atoms with E-state index in [1.807, 2.05) is 0 Å². The fourth-order valence-corrected chi connectivity index (χ4v) is 2.11. The SMILES string of the molecule is NCC1CCN(C(=O)c2cccc(=O)[nH]2)CC1. The van der Waals surface area contributed by atoms with Crippen LogP contribution in [0.4, 0.5) is 0 Å². The van der Waals surface area contributed by atoms with Gasteiger partial charge in [0.25, 0.3) is 5.91 Å². The van der Waals surface area contributed by atoms with E-state index in [4.69, 9.17) is 5.73 Å². The Bertz CT molecular complexity index is 447. The van der Waals surface area contributed by atoms with Crippen molar-refractivity contribution in [2.75, 3.05) is 19.6 Å². The summed E-state index contributed by atoms with van der Waals surface area (Å²) < 4.78 is 0. The molecule has 2 heterocycles. The Morgan fingerprint density at radius 2 is 2.12 bits per heavy atom. The predicted molar refractivity (Wildman–Crippen MR) is 64.7 cm³/mol. The smallest absolute Gasteiger partial charge is 0.270 e. The number of H-pyrrole nitrogens is 1. The third-order valence-corrected chi connectivity index (χ3v) is 3.23. The molecule has 1 saturated heterocycles. The fraction of sp³-hybridized carbons (Fsp3) is 0.500. The van der Waals surface area contributed by atoms with Gasteiger partial charge in [0, 0.05) is 19.2 Å². The number of nitrogens with one attached hydrogen (secondary N) is 1. The Balaban J connectivity index is 2.04. The highest BCUT2D eigenvalue weighted by Gasteiger charge is 2.23. The second kappa shape index (κ2) is 5.14. The molecule has 1 fully saturated rings. The van der Waals surface area contributed by atoms with E-state index in [9.17, 15) is 9.59 Å². The van der Waals surface area contributed by atoms with Gasteiger partial charge in [0.1, 0.15) is 5.69 Å². The van der Waals surface area contributed by atoms with Gasteiger partial charge in [0.2, 0.25) is 5.56 Å². The maximum absolute atomic E-state index is 12.1. The number of likely N-dealkylation sites (tertiary alicyclic amines) is 1. The van der Waals surface area contributed by atoms with Gasteiger partial charge in [-0.05, 0) is 31.4 Å². The molecular formula is C12H17N3O2. The van der Waals surface area contributed by atoms with Gasteiger partial charge in [-0.3, -0.25) is 9.59 Å². The lowest BCUT2D eigenvalue weighted by Crippen LogP contribution is -2.40. The molecule has 17 heavy (non-hydrogen) atoms. The maximum Gasteiger partial charge on any atom is 0.270 e. The van der Waals surface area contributed by atoms with Crippen molar-refractivity contribution in [1.82, 2.24) is 9.88 Å². The first kappa shape index (κ1) is 11.9. The van der Waals surface area contributed by atoms with E-state index < -0.39 is 0 Å². The molecular weight excluding hydrogens is 218 g/mol. The number of amides is 1. The van der Waals surface area contributed by atoms with Crippen LogP contribution in [0.3, 0.4) is 0 Å². The van der Waals surface area contributed by atoms with Gasteiger partial charge >= 0.3 is 0 Å². The molecule has 0 atom stereocenters. The first-order chi connectivity index (χ1) is 8.20. The van der Waals surface area contributed by atoms with Gasteiger partial charge < -0.3 is 15.6 Å². The van der Waals surface area contributed by atoms with Gasteiger partial charge in [0.15, 0.2) is 0 Å². The van der Waals surface area contributed by atoms with Crippen LogP contribution >= 0.6 is 0 Å². The average Bonchev–Trinajstić information content (AvgIpc) is 2.38. The first-order valence-electron chi connectivity index (χ1n) is 5.89. The van der Waals surface area contributed by atoms with Crippen LogP contribution in [0.15, 0.2) is 23.0 Å². The normalized spacial score (nSPS) is 17.1. The fourth-order valence-electron chi connectivity index (χ4n) is 2.11. The Hall–Kier alpha value is -1.62. The van der Waals surface area contributed by atoms with Gasteiger partial charge in [-0.2, -0.15) is 0 Å². The number of rotatable bonds is 2. The zero-order valence-corrected chi connectivity index (χ0v) is 9.69. The highest BCUT2D eigenvalue weighted by atomic mass is 16.2. The largest absolute Gasteiger partial charge is 0.337 e. The van der Waals surface area contributed by atoms with Crippen molar-refractivity contribution in [3.05, 3.63) is 34.2 Å². The van der Waals surface area contributed by atoms with Gasteiger partial charge in [-0.1, -0.05) is 6.07 Å². The molecule has 1 aliphatic rings. The molecule has 5 heteroatoms. The zero-order chi connectivity index (χ0) is 12.3. The highest BCUT2D eigenvalue weighted by Crippen LogP contribution is 2.17. The van der Waals surface area contributed by atoms with Crippen molar-refractivity contribution in [3.8, 4) is 0 Å². The lowest BCUT2D eigenvalue weighted by Gasteiger charge is -2.31. The third kappa shape index (κ3) is 2.74. The predicted octanol–water partition coefficient (Wildman–Crippen LogP) is 0.186. The highest BCUT2D eigenvalue weighted by molar-refractivity contribution is 5.92. The molecule has 0 radical (unpaired) electrons. The van der Waals surface area contributed by atoms with Crippen LogP contribution in [0.2, 0.25) is 0 Å². The molecule has 2 rings (SSSR count). The number of pyridine rings is 1. The lowest BCUT2D eigenvalue weighted by atomic mass is 9.97. The number of nitrogens with zero attached hydrogens (tertiary/aromatic N) is 1. The van der Waals surface area contributed by atoms with E-state index in [1.165, 1.54) is 6.07 Å². The van der Waals surface area contributed by atoms with E-state index in [2.05, 4.69) is 4.98 Å². The third-order valence-electron chi connectivity index (χ3n) is 3.23. The summed E-state index contributed by atoms with van der Waals surface area (Å²) in [5.74, 6) is 0.423. The summed E-state index contributed by atoms with van der Waals surface area (Å²) in [5.41, 5.74) is 5.73. The Kier molecular flexibility index (Phi) is 3.58. The number of hydrogen-bond donors (Lipinski definition) is 2. The van der Waals surface area contributed by atoms with Crippen LogP contribution in [-0.2, 0) is 0 Å². The molecule has 0 bridgehead atoms. The summed E-state index contributed by atoms with van der Waals surface area (Å²) in [6.07, 6.45) is 1.89. The quantitative estimate of drug-likeness (QED) is 0.767. The van der Waals surface area contributed by atoms with Crippen LogP contribution in [0.25, 0.3) is 0 Å². The molecule has 5 nitrogen and oxygen atoms in total. The standard InChI is InChI=1S/C12H17N3O2/c13-8-9-4-6-15(7-5-9)12(17)10-2-1-3-11(16)14-10/h1-3,9H,4-8,13H2,(H,14,16). The van der Waals surface area contributed by atoms with Crippen LogP contribution in [0, 0.1) is 5.92 Å². The van der Waals surface area contributed by atoms with Gasteiger partial charge in [-0.15, -0.1) is 0 Å². The van der Waals surface area contributed by atoms with Crippen molar-refractivity contribution >= 4 is 5.91 Å². The Labute approximate surface area is 99.6 Å². The van der Waals surface area contributed by atoms with E-state index in [0.717, 1.165) is 25.9 Å². The molecule has 0 aromatic carbocycles. The second-order valence-corrected chi connectivity index (χ2v) is 4.40. The summed E-state index contributed by atoms with van der Waals surface area (Å²) >= 11 is 0. The molecule has 0 spiro atoms. The molecule has 1 amide bonds. The van der Waals surface area contributed by atoms with Crippen LogP contribution in [-0.4, -0.2) is 35.4 Å². The molecule has 0 saturated carbocycles. The molecule has 1 aromatic rings. The van der Waals surface area contributed by atoms with E-state index >= 15 is 0 Å². The van der Waals surface area contributed by atoms with Crippen molar-refractivity contribution in [3.63, 3.8) is 0 Å². The minimum atomic E-state index is -0.243. The molecule has 3 N–H and O–H groups in total. The number of nitrogens with two attached hydrogens (primary N) is 1. The van der Waals surface area contributed by atoms with Crippen LogP contribution < -0.4 is 11.3 Å². The van der Waals surface area contributed by atoms with Gasteiger partial charge in [0.05, 0.1) is 0 Å². The monoisotopic (exact) mass is 235 g/mol. The summed E-state index contributed by atoms with van der Waals surface area (Å²) in [4.78, 5) is 27.5. The maximum atomic E-state index is 12.1. The van der Waals surface area contributed by atoms with Crippen molar-refractivity contribution < 1.29 is 4.79 Å². The number of piperidine rings is 1. The van der Waals surface area contributed by atoms with Gasteiger partial charge in [-0.25, -0.2) is 0 Å². The minimum Gasteiger partial charge on any atom is -0.337 e. The first-order valence-corrected chi connectivity index (χ1v) is 5.89. The zero-order valence-electron chi connectivity index (χ0n) is 9.69. The van der Waals surface area contributed by atoms with Crippen molar-refractivity contribution in [2.24, 2.45) is 11.7 Å². The number of aromatic amines is 1. The molecule has 1 aromatic heterocycles. The van der Waals surface area contributed by atoms with Crippen molar-refractivity contribution in [1.29, 1.82) is 0 Å². The van der Waals surface area contributed by atoms with E-state index in [0.29, 0.717) is 18.2 Å². The Morgan fingerprint density at radius 3 is 2.71 bits per heavy atom. The minimum absolute atomic E-state index is 0.0989. The summed E-state index contributed by atoms with van der Waals surface area (Å²) in [7, 11) is 0. The topological polar surface area (TPSA) is 79.2 Å². The van der Waals surface area contributed by atoms with Crippen molar-refractivity contribution in [2.45, 2.75) is 12.8 Å². The summed E-state index contributed by atoms with van der Waals surface area (Å²) in [6.45, 7) is 2.12. The van der Waals surface area contributed by atoms with Crippen LogP contribution in [0.1, 0.15) is 23.3 Å². The molecule has 0 aliphatic carbocycles.